The lowest BCUT2D eigenvalue weighted by molar-refractivity contribution is -0.137. The SMILES string of the molecule is O=C(C[C@H](c1ccc(Cl)c(C(F)(F)F)c1)c1c[nH]c2ccc(Cl)cc12)NCc1ccccc1. The fraction of sp³-hybridized carbons (Fsp3) is 0.160. The maximum atomic E-state index is 13.5. The van der Waals surface area contributed by atoms with Crippen molar-refractivity contribution in [2.45, 2.75) is 25.1 Å². The van der Waals surface area contributed by atoms with Crippen molar-refractivity contribution in [3.05, 3.63) is 105 Å². The third-order valence-electron chi connectivity index (χ3n) is 5.47. The summed E-state index contributed by atoms with van der Waals surface area (Å²) in [5.41, 5.74) is 1.77. The van der Waals surface area contributed by atoms with E-state index in [0.717, 1.165) is 22.5 Å². The first-order chi connectivity index (χ1) is 15.7. The van der Waals surface area contributed by atoms with E-state index in [0.29, 0.717) is 22.7 Å². The van der Waals surface area contributed by atoms with Gasteiger partial charge in [-0.25, -0.2) is 0 Å². The largest absolute Gasteiger partial charge is 0.417 e. The van der Waals surface area contributed by atoms with Crippen LogP contribution < -0.4 is 5.32 Å². The van der Waals surface area contributed by atoms with Crippen molar-refractivity contribution in [1.29, 1.82) is 0 Å². The molecule has 0 aliphatic rings. The number of H-pyrrole nitrogens is 1. The van der Waals surface area contributed by atoms with E-state index in [1.165, 1.54) is 12.1 Å². The molecule has 3 nitrogen and oxygen atoms in total. The third kappa shape index (κ3) is 5.34. The molecule has 0 saturated heterocycles. The summed E-state index contributed by atoms with van der Waals surface area (Å²) in [6.45, 7) is 0.320. The van der Waals surface area contributed by atoms with Crippen molar-refractivity contribution >= 4 is 40.0 Å². The number of aromatic amines is 1. The summed E-state index contributed by atoms with van der Waals surface area (Å²) in [5, 5.41) is 3.70. The first kappa shape index (κ1) is 23.2. The molecule has 1 amide bonds. The molecule has 0 aliphatic carbocycles. The van der Waals surface area contributed by atoms with Crippen LogP contribution in [0, 0.1) is 0 Å². The third-order valence-corrected chi connectivity index (χ3v) is 6.04. The summed E-state index contributed by atoms with van der Waals surface area (Å²) in [6, 6.07) is 18.4. The van der Waals surface area contributed by atoms with Crippen LogP contribution in [0.3, 0.4) is 0 Å². The maximum Gasteiger partial charge on any atom is 0.417 e. The van der Waals surface area contributed by atoms with Crippen LogP contribution in [0.25, 0.3) is 10.9 Å². The number of carbonyl (C=O) groups excluding carboxylic acids is 1. The van der Waals surface area contributed by atoms with Gasteiger partial charge < -0.3 is 10.3 Å². The van der Waals surface area contributed by atoms with E-state index in [-0.39, 0.29) is 17.4 Å². The van der Waals surface area contributed by atoms with Crippen LogP contribution in [-0.2, 0) is 17.5 Å². The lowest BCUT2D eigenvalue weighted by Crippen LogP contribution is -2.25. The lowest BCUT2D eigenvalue weighted by Gasteiger charge is -2.19. The molecule has 1 aromatic heterocycles. The zero-order valence-corrected chi connectivity index (χ0v) is 18.7. The predicted molar refractivity (Wildman–Crippen MR) is 125 cm³/mol. The summed E-state index contributed by atoms with van der Waals surface area (Å²) in [7, 11) is 0. The Balaban J connectivity index is 1.71. The Morgan fingerprint density at radius 3 is 2.48 bits per heavy atom. The monoisotopic (exact) mass is 490 g/mol. The molecular weight excluding hydrogens is 472 g/mol. The van der Waals surface area contributed by atoms with E-state index in [2.05, 4.69) is 10.3 Å². The number of alkyl halides is 3. The predicted octanol–water partition coefficient (Wildman–Crippen LogP) is 7.33. The Labute approximate surface area is 198 Å². The second-order valence-corrected chi connectivity index (χ2v) is 8.53. The molecule has 0 fully saturated rings. The highest BCUT2D eigenvalue weighted by atomic mass is 35.5. The topological polar surface area (TPSA) is 44.9 Å². The average molecular weight is 491 g/mol. The average Bonchev–Trinajstić information content (AvgIpc) is 3.19. The number of nitrogens with one attached hydrogen (secondary N) is 2. The summed E-state index contributed by atoms with van der Waals surface area (Å²) < 4.78 is 40.6. The number of halogens is 5. The van der Waals surface area contributed by atoms with Crippen molar-refractivity contribution in [3.63, 3.8) is 0 Å². The number of amides is 1. The zero-order chi connectivity index (χ0) is 23.6. The number of hydrogen-bond donors (Lipinski definition) is 2. The lowest BCUT2D eigenvalue weighted by atomic mass is 9.87. The summed E-state index contributed by atoms with van der Waals surface area (Å²) in [4.78, 5) is 16.0. The van der Waals surface area contributed by atoms with Gasteiger partial charge in [0, 0.05) is 41.0 Å². The summed E-state index contributed by atoms with van der Waals surface area (Å²) in [5.74, 6) is -0.935. The van der Waals surface area contributed by atoms with Gasteiger partial charge in [0.25, 0.3) is 0 Å². The van der Waals surface area contributed by atoms with Crippen molar-refractivity contribution < 1.29 is 18.0 Å². The van der Waals surface area contributed by atoms with Crippen molar-refractivity contribution in [2.75, 3.05) is 0 Å². The standard InChI is InChI=1S/C25H19Cl2F3N2O/c26-17-7-9-23-19(11-17)20(14-31-23)18(12-24(33)32-13-15-4-2-1-3-5-15)16-6-8-22(27)21(10-16)25(28,29)30/h1-11,14,18,31H,12-13H2,(H,32,33)/t18-/m1/s1. The number of hydrogen-bond acceptors (Lipinski definition) is 1. The minimum atomic E-state index is -4.61. The molecule has 8 heteroatoms. The van der Waals surface area contributed by atoms with E-state index >= 15 is 0 Å². The van der Waals surface area contributed by atoms with E-state index < -0.39 is 17.7 Å². The van der Waals surface area contributed by atoms with Crippen LogP contribution in [0.5, 0.6) is 0 Å². The van der Waals surface area contributed by atoms with Crippen LogP contribution in [0.15, 0.2) is 72.9 Å². The van der Waals surface area contributed by atoms with Crippen molar-refractivity contribution in [3.8, 4) is 0 Å². The van der Waals surface area contributed by atoms with Gasteiger partial charge in [-0.05, 0) is 47.0 Å². The summed E-state index contributed by atoms with van der Waals surface area (Å²) >= 11 is 12.0. The molecule has 170 valence electrons. The van der Waals surface area contributed by atoms with Gasteiger partial charge in [0.15, 0.2) is 0 Å². The first-order valence-corrected chi connectivity index (χ1v) is 10.9. The second-order valence-electron chi connectivity index (χ2n) is 7.69. The second kappa shape index (κ2) is 9.49. The van der Waals surface area contributed by atoms with Crippen molar-refractivity contribution in [1.82, 2.24) is 10.3 Å². The highest BCUT2D eigenvalue weighted by Gasteiger charge is 2.34. The minimum Gasteiger partial charge on any atom is -0.361 e. The molecule has 0 radical (unpaired) electrons. The molecule has 2 N–H and O–H groups in total. The molecule has 4 rings (SSSR count). The Morgan fingerprint density at radius 1 is 1.00 bits per heavy atom. The van der Waals surface area contributed by atoms with Crippen LogP contribution in [0.1, 0.15) is 34.6 Å². The number of rotatable bonds is 6. The molecule has 3 aromatic carbocycles. The Bertz CT molecular complexity index is 1290. The summed E-state index contributed by atoms with van der Waals surface area (Å²) in [6.07, 6.45) is -2.96. The molecule has 0 spiro atoms. The molecule has 33 heavy (non-hydrogen) atoms. The fourth-order valence-corrected chi connectivity index (χ4v) is 4.24. The van der Waals surface area contributed by atoms with Gasteiger partial charge in [0.1, 0.15) is 0 Å². The normalized spacial score (nSPS) is 12.6. The Hall–Kier alpha value is -2.96. The quantitative estimate of drug-likeness (QED) is 0.292. The van der Waals surface area contributed by atoms with Gasteiger partial charge in [0.2, 0.25) is 5.91 Å². The highest BCUT2D eigenvalue weighted by molar-refractivity contribution is 6.31. The molecule has 0 unspecified atom stereocenters. The number of fused-ring (bicyclic) bond motifs is 1. The van der Waals surface area contributed by atoms with Crippen LogP contribution in [-0.4, -0.2) is 10.9 Å². The Kier molecular flexibility index (Phi) is 6.68. The molecule has 0 saturated carbocycles. The molecule has 0 bridgehead atoms. The number of carbonyl (C=O) groups is 1. The van der Waals surface area contributed by atoms with Crippen LogP contribution >= 0.6 is 23.2 Å². The van der Waals surface area contributed by atoms with Gasteiger partial charge in [-0.3, -0.25) is 4.79 Å². The van der Waals surface area contributed by atoms with Gasteiger partial charge in [-0.1, -0.05) is 59.6 Å². The van der Waals surface area contributed by atoms with Gasteiger partial charge in [-0.2, -0.15) is 13.2 Å². The van der Waals surface area contributed by atoms with Crippen LogP contribution in [0.2, 0.25) is 10.0 Å². The molecule has 0 aliphatic heterocycles. The highest BCUT2D eigenvalue weighted by Crippen LogP contribution is 2.40. The van der Waals surface area contributed by atoms with Gasteiger partial charge >= 0.3 is 6.18 Å². The zero-order valence-electron chi connectivity index (χ0n) is 17.2. The van der Waals surface area contributed by atoms with E-state index in [1.807, 2.05) is 30.3 Å². The van der Waals surface area contributed by atoms with Crippen molar-refractivity contribution in [2.24, 2.45) is 0 Å². The number of aromatic nitrogens is 1. The van der Waals surface area contributed by atoms with E-state index in [4.69, 9.17) is 23.2 Å². The molecule has 1 heterocycles. The number of benzene rings is 3. The first-order valence-electron chi connectivity index (χ1n) is 10.2. The minimum absolute atomic E-state index is 0.0504. The fourth-order valence-electron chi connectivity index (χ4n) is 3.84. The van der Waals surface area contributed by atoms with Gasteiger partial charge in [-0.15, -0.1) is 0 Å². The van der Waals surface area contributed by atoms with E-state index in [1.54, 1.807) is 24.4 Å². The molecule has 1 atom stereocenters. The Morgan fingerprint density at radius 2 is 1.76 bits per heavy atom. The van der Waals surface area contributed by atoms with Crippen LogP contribution in [0.4, 0.5) is 13.2 Å². The molecular formula is C25H19Cl2F3N2O. The maximum absolute atomic E-state index is 13.5. The van der Waals surface area contributed by atoms with Gasteiger partial charge in [0.05, 0.1) is 10.6 Å². The molecule has 4 aromatic rings. The smallest absolute Gasteiger partial charge is 0.361 e. The van der Waals surface area contributed by atoms with E-state index in [9.17, 15) is 18.0 Å².